The lowest BCUT2D eigenvalue weighted by Crippen LogP contribution is -2.30. The molecule has 0 fully saturated rings. The summed E-state index contributed by atoms with van der Waals surface area (Å²) in [7, 11) is 1.35. The van der Waals surface area contributed by atoms with E-state index in [4.69, 9.17) is 12.8 Å². The highest BCUT2D eigenvalue weighted by atomic mass is 16.4. The Bertz CT molecular complexity index is 1660. The maximum Gasteiger partial charge on any atom is 0.335 e. The Kier molecular flexibility index (Phi) is 6.72. The van der Waals surface area contributed by atoms with Crippen LogP contribution in [0.2, 0.25) is 0 Å². The van der Waals surface area contributed by atoms with Crippen LogP contribution in [-0.2, 0) is 4.79 Å². The number of carbonyl (C=O) groups excluding carboxylic acids is 4. The van der Waals surface area contributed by atoms with E-state index in [9.17, 15) is 39.0 Å². The van der Waals surface area contributed by atoms with Gasteiger partial charge in [0.05, 0.1) is 33.9 Å². The lowest BCUT2D eigenvalue weighted by molar-refractivity contribution is -0.140. The minimum Gasteiger partial charge on any atom is -0.481 e. The number of aliphatic carboxylic acids is 1. The van der Waals surface area contributed by atoms with E-state index in [0.29, 0.717) is 16.8 Å². The number of carboxylic acid groups (broad SMARTS) is 2. The lowest BCUT2D eigenvalue weighted by Gasteiger charge is -2.24. The van der Waals surface area contributed by atoms with E-state index in [2.05, 4.69) is 11.8 Å². The van der Waals surface area contributed by atoms with Crippen LogP contribution < -0.4 is 4.90 Å². The van der Waals surface area contributed by atoms with Crippen molar-refractivity contribution in [1.82, 2.24) is 4.90 Å². The monoisotopic (exact) mass is 522 g/mol. The van der Waals surface area contributed by atoms with Gasteiger partial charge in [-0.15, -0.1) is 12.8 Å². The molecular formula is C29H18N2O8. The van der Waals surface area contributed by atoms with E-state index < -0.39 is 35.6 Å². The number of amides is 3. The molecule has 0 bridgehead atoms. The molecule has 0 spiro atoms. The summed E-state index contributed by atoms with van der Waals surface area (Å²) in [6.45, 7) is 0. The normalized spacial score (nSPS) is 15.9. The van der Waals surface area contributed by atoms with Crippen LogP contribution in [0.5, 0.6) is 0 Å². The van der Waals surface area contributed by atoms with Crippen molar-refractivity contribution in [2.45, 2.75) is 6.42 Å². The van der Waals surface area contributed by atoms with Gasteiger partial charge in [0.25, 0.3) is 17.7 Å². The number of allylic oxidation sites excluding steroid dienone is 2. The average molecular weight is 522 g/mol. The Hall–Kier alpha value is -5.74. The third kappa shape index (κ3) is 4.59. The number of anilines is 1. The number of rotatable bonds is 6. The first-order chi connectivity index (χ1) is 18.5. The SMILES string of the molecule is C#CC1=CC(N(C)C(=O)c2cc3c(cc2C=O)C(=O)N(c2cc(C#C)cc(C(=O)O)c2)C3=O)=CC(C(=O)O)C1. The molecule has 2 aromatic carbocycles. The molecule has 2 aromatic rings. The van der Waals surface area contributed by atoms with Crippen molar-refractivity contribution in [2.24, 2.45) is 5.92 Å². The van der Waals surface area contributed by atoms with E-state index in [1.165, 1.54) is 31.3 Å². The van der Waals surface area contributed by atoms with Crippen molar-refractivity contribution in [2.75, 3.05) is 11.9 Å². The predicted molar refractivity (Wildman–Crippen MR) is 137 cm³/mol. The molecule has 1 aliphatic heterocycles. The maximum atomic E-state index is 13.4. The number of aldehydes is 1. The van der Waals surface area contributed by atoms with Crippen molar-refractivity contribution >= 4 is 41.6 Å². The molecular weight excluding hydrogens is 504 g/mol. The van der Waals surface area contributed by atoms with Gasteiger partial charge in [0, 0.05) is 29.4 Å². The Morgan fingerprint density at radius 3 is 2.26 bits per heavy atom. The van der Waals surface area contributed by atoms with Crippen molar-refractivity contribution in [1.29, 1.82) is 0 Å². The number of hydrogen-bond acceptors (Lipinski definition) is 6. The number of aromatic carboxylic acids is 1. The predicted octanol–water partition coefficient (Wildman–Crippen LogP) is 2.60. The highest BCUT2D eigenvalue weighted by molar-refractivity contribution is 6.35. The van der Waals surface area contributed by atoms with E-state index in [-0.39, 0.29) is 51.2 Å². The summed E-state index contributed by atoms with van der Waals surface area (Å²) in [5.41, 5.74) is -0.444. The third-order valence-corrected chi connectivity index (χ3v) is 6.33. The molecule has 0 saturated heterocycles. The summed E-state index contributed by atoms with van der Waals surface area (Å²) >= 11 is 0. The fourth-order valence-electron chi connectivity index (χ4n) is 4.32. The Labute approximate surface area is 221 Å². The Balaban J connectivity index is 1.77. The highest BCUT2D eigenvalue weighted by Crippen LogP contribution is 2.33. The first-order valence-electron chi connectivity index (χ1n) is 11.3. The van der Waals surface area contributed by atoms with Crippen molar-refractivity contribution in [3.05, 3.63) is 87.1 Å². The van der Waals surface area contributed by atoms with Gasteiger partial charge in [-0.2, -0.15) is 0 Å². The molecule has 1 unspecified atom stereocenters. The molecule has 0 saturated carbocycles. The molecule has 1 aliphatic carbocycles. The van der Waals surface area contributed by atoms with Gasteiger partial charge in [-0.1, -0.05) is 11.8 Å². The van der Waals surface area contributed by atoms with E-state index >= 15 is 0 Å². The van der Waals surface area contributed by atoms with Gasteiger partial charge in [-0.3, -0.25) is 24.0 Å². The van der Waals surface area contributed by atoms with E-state index in [0.717, 1.165) is 23.1 Å². The topological polar surface area (TPSA) is 149 Å². The smallest absolute Gasteiger partial charge is 0.335 e. The van der Waals surface area contributed by atoms with Gasteiger partial charge in [0.2, 0.25) is 0 Å². The van der Waals surface area contributed by atoms with Crippen LogP contribution in [0.3, 0.4) is 0 Å². The zero-order valence-electron chi connectivity index (χ0n) is 20.3. The number of imide groups is 1. The van der Waals surface area contributed by atoms with E-state index in [1.807, 2.05) is 0 Å². The zero-order chi connectivity index (χ0) is 28.6. The Morgan fingerprint density at radius 1 is 1.03 bits per heavy atom. The number of carboxylic acids is 2. The largest absolute Gasteiger partial charge is 0.481 e. The highest BCUT2D eigenvalue weighted by Gasteiger charge is 2.39. The second-order valence-corrected chi connectivity index (χ2v) is 8.69. The minimum absolute atomic E-state index is 0.0761. The van der Waals surface area contributed by atoms with Crippen LogP contribution in [0.25, 0.3) is 0 Å². The number of benzene rings is 2. The third-order valence-electron chi connectivity index (χ3n) is 6.33. The van der Waals surface area contributed by atoms with Gasteiger partial charge in [-0.05, 0) is 48.9 Å². The van der Waals surface area contributed by atoms with Crippen LogP contribution in [0.15, 0.2) is 53.8 Å². The second kappa shape index (κ2) is 9.96. The van der Waals surface area contributed by atoms with Gasteiger partial charge in [0.15, 0.2) is 6.29 Å². The average Bonchev–Trinajstić information content (AvgIpc) is 3.19. The summed E-state index contributed by atoms with van der Waals surface area (Å²) in [4.78, 5) is 76.8. The molecule has 3 amide bonds. The van der Waals surface area contributed by atoms with Gasteiger partial charge >= 0.3 is 11.9 Å². The van der Waals surface area contributed by atoms with Crippen LogP contribution >= 0.6 is 0 Å². The molecule has 2 aliphatic rings. The molecule has 4 rings (SSSR count). The molecule has 39 heavy (non-hydrogen) atoms. The number of carbonyl (C=O) groups is 6. The number of terminal acetylenes is 2. The first kappa shape index (κ1) is 26.3. The quantitative estimate of drug-likeness (QED) is 0.334. The van der Waals surface area contributed by atoms with Crippen molar-refractivity contribution in [3.63, 3.8) is 0 Å². The molecule has 10 heteroatoms. The first-order valence-corrected chi connectivity index (χ1v) is 11.3. The van der Waals surface area contributed by atoms with Crippen LogP contribution in [0, 0.1) is 30.6 Å². The van der Waals surface area contributed by atoms with Gasteiger partial charge in [0.1, 0.15) is 0 Å². The summed E-state index contributed by atoms with van der Waals surface area (Å²) in [6, 6.07) is 5.81. The number of hydrogen-bond donors (Lipinski definition) is 2. The summed E-state index contributed by atoms with van der Waals surface area (Å²) in [6.07, 6.45) is 14.1. The summed E-state index contributed by atoms with van der Waals surface area (Å²) in [5.74, 6) is -1.23. The van der Waals surface area contributed by atoms with Gasteiger partial charge in [-0.25, -0.2) is 9.69 Å². The molecule has 192 valence electrons. The number of nitrogens with zero attached hydrogens (tertiary/aromatic N) is 2. The fraction of sp³-hybridized carbons (Fsp3) is 0.103. The molecule has 0 radical (unpaired) electrons. The van der Waals surface area contributed by atoms with Crippen molar-refractivity contribution < 1.29 is 39.0 Å². The maximum absolute atomic E-state index is 13.4. The van der Waals surface area contributed by atoms with Gasteiger partial charge < -0.3 is 15.1 Å². The summed E-state index contributed by atoms with van der Waals surface area (Å²) < 4.78 is 0. The Morgan fingerprint density at radius 2 is 1.69 bits per heavy atom. The van der Waals surface area contributed by atoms with Crippen LogP contribution in [0.1, 0.15) is 63.8 Å². The van der Waals surface area contributed by atoms with E-state index in [1.54, 1.807) is 0 Å². The molecule has 0 aromatic heterocycles. The number of fused-ring (bicyclic) bond motifs is 1. The molecule has 1 heterocycles. The van der Waals surface area contributed by atoms with Crippen LogP contribution in [-0.4, -0.2) is 58.1 Å². The number of likely N-dealkylation sites (N-methyl/N-ethyl adjacent to an activating group) is 1. The molecule has 2 N–H and O–H groups in total. The lowest BCUT2D eigenvalue weighted by atomic mass is 9.92. The second-order valence-electron chi connectivity index (χ2n) is 8.69. The minimum atomic E-state index is -1.33. The summed E-state index contributed by atoms with van der Waals surface area (Å²) in [5, 5.41) is 18.8. The molecule has 10 nitrogen and oxygen atoms in total. The standard InChI is InChI=1S/C29H18N2O8/c1-4-15-6-17(28(36)37)10-20(8-15)30(3)25(33)22-13-24-23(12-19(22)14-32)26(34)31(27(24)35)21-9-16(5-2)7-18(11-21)29(38)39/h1-2,7-14,17H,6H2,3H3,(H,36,37)(H,38,39). The van der Waals surface area contributed by atoms with Crippen LogP contribution in [0.4, 0.5) is 5.69 Å². The molecule has 1 atom stereocenters. The van der Waals surface area contributed by atoms with Crippen molar-refractivity contribution in [3.8, 4) is 24.7 Å². The zero-order valence-corrected chi connectivity index (χ0v) is 20.3. The fourth-order valence-corrected chi connectivity index (χ4v) is 4.32.